The zero-order valence-corrected chi connectivity index (χ0v) is 16.4. The summed E-state index contributed by atoms with van der Waals surface area (Å²) in [6.07, 6.45) is 0. The molecule has 0 amide bonds. The van der Waals surface area contributed by atoms with E-state index in [1.807, 2.05) is 0 Å². The molecule has 0 aromatic heterocycles. The molecule has 1 heterocycles. The largest absolute Gasteiger partial charge is 0.504 e. The molecule has 9 heteroatoms. The molecule has 2 N–H and O–H groups in total. The molecule has 3 atom stereocenters. The monoisotopic (exact) mass is 404 g/mol. The van der Waals surface area contributed by atoms with Crippen LogP contribution < -0.4 is 0 Å². The highest BCUT2D eigenvalue weighted by molar-refractivity contribution is 6.30. The first-order chi connectivity index (χ1) is 13.5. The summed E-state index contributed by atoms with van der Waals surface area (Å²) in [5.41, 5.74) is -5.91. The predicted molar refractivity (Wildman–Crippen MR) is 94.4 cm³/mol. The molecular weight excluding hydrogens is 384 g/mol. The molecule has 4 aliphatic rings. The van der Waals surface area contributed by atoms with E-state index < -0.39 is 57.7 Å². The Hall–Kier alpha value is -2.78. The van der Waals surface area contributed by atoms with Crippen LogP contribution in [0.15, 0.2) is 33.8 Å². The standard InChI is InChI=1S/C20H20O9/c1-8-11-5-28-6-19(11)17(25)20(26,16(8)24)15-13(23)12(22)14(27-4)9(2)18(15,19)7-29-10(3)21/h23,26H,5-7H2,1-4H3/t18-,19+,20+/m1/s1. The minimum atomic E-state index is -2.76. The lowest BCUT2D eigenvalue weighted by Gasteiger charge is -2.44. The Labute approximate surface area is 165 Å². The van der Waals surface area contributed by atoms with Gasteiger partial charge in [0.05, 0.1) is 31.2 Å². The molecule has 1 aliphatic heterocycles. The molecule has 2 fully saturated rings. The summed E-state index contributed by atoms with van der Waals surface area (Å²) in [6.45, 7) is 3.37. The topological polar surface area (TPSA) is 136 Å². The minimum absolute atomic E-state index is 0.0429. The van der Waals surface area contributed by atoms with Crippen LogP contribution in [0.25, 0.3) is 0 Å². The summed E-state index contributed by atoms with van der Waals surface area (Å²) in [4.78, 5) is 51.1. The maximum absolute atomic E-state index is 13.6. The summed E-state index contributed by atoms with van der Waals surface area (Å²) >= 11 is 0. The van der Waals surface area contributed by atoms with Crippen LogP contribution in [0.2, 0.25) is 0 Å². The van der Waals surface area contributed by atoms with E-state index in [2.05, 4.69) is 0 Å². The molecule has 29 heavy (non-hydrogen) atoms. The molecule has 0 aromatic rings. The van der Waals surface area contributed by atoms with E-state index in [1.54, 1.807) is 0 Å². The number of methoxy groups -OCH3 is 1. The number of rotatable bonds is 3. The van der Waals surface area contributed by atoms with Gasteiger partial charge in [-0.25, -0.2) is 0 Å². The van der Waals surface area contributed by atoms with Crippen LogP contribution in [0, 0.1) is 10.8 Å². The number of aliphatic hydroxyl groups excluding tert-OH is 1. The van der Waals surface area contributed by atoms with Gasteiger partial charge in [-0.1, -0.05) is 0 Å². The highest BCUT2D eigenvalue weighted by atomic mass is 16.5. The fourth-order valence-corrected chi connectivity index (χ4v) is 5.52. The number of ether oxygens (including phenoxy) is 3. The van der Waals surface area contributed by atoms with Crippen LogP contribution >= 0.6 is 0 Å². The van der Waals surface area contributed by atoms with Crippen LogP contribution in [0.3, 0.4) is 0 Å². The van der Waals surface area contributed by atoms with Gasteiger partial charge in [-0.05, 0) is 30.6 Å². The zero-order valence-electron chi connectivity index (χ0n) is 16.4. The van der Waals surface area contributed by atoms with E-state index in [0.717, 1.165) is 6.92 Å². The van der Waals surface area contributed by atoms with Crippen LogP contribution in [0.5, 0.6) is 0 Å². The summed E-state index contributed by atoms with van der Waals surface area (Å²) in [7, 11) is 1.22. The zero-order chi connectivity index (χ0) is 21.5. The number of ketones is 3. The summed E-state index contributed by atoms with van der Waals surface area (Å²) in [6, 6.07) is 0. The van der Waals surface area contributed by atoms with Crippen LogP contribution in [-0.4, -0.2) is 66.1 Å². The average Bonchev–Trinajstić information content (AvgIpc) is 3.18. The van der Waals surface area contributed by atoms with Gasteiger partial charge in [-0.2, -0.15) is 0 Å². The predicted octanol–water partition coefficient (Wildman–Crippen LogP) is 0.0807. The molecule has 9 nitrogen and oxygen atoms in total. The number of Topliss-reactive ketones (excluding diaryl/α,β-unsaturated/α-hetero) is 3. The molecule has 2 bridgehead atoms. The first-order valence-electron chi connectivity index (χ1n) is 9.01. The third-order valence-electron chi connectivity index (χ3n) is 6.77. The summed E-state index contributed by atoms with van der Waals surface area (Å²) < 4.78 is 16.0. The third kappa shape index (κ3) is 1.79. The highest BCUT2D eigenvalue weighted by Crippen LogP contribution is 2.71. The molecule has 0 radical (unpaired) electrons. The van der Waals surface area contributed by atoms with Gasteiger partial charge in [-0.15, -0.1) is 0 Å². The summed E-state index contributed by atoms with van der Waals surface area (Å²) in [5.74, 6) is -4.66. The fraction of sp³-hybridized carbons (Fsp3) is 0.500. The van der Waals surface area contributed by atoms with Gasteiger partial charge in [0.1, 0.15) is 6.61 Å². The Balaban J connectivity index is 2.20. The lowest BCUT2D eigenvalue weighted by atomic mass is 9.56. The molecule has 154 valence electrons. The van der Waals surface area contributed by atoms with Crippen molar-refractivity contribution < 1.29 is 43.6 Å². The maximum Gasteiger partial charge on any atom is 0.302 e. The second-order valence-electron chi connectivity index (χ2n) is 7.77. The van der Waals surface area contributed by atoms with Gasteiger partial charge < -0.3 is 24.4 Å². The second-order valence-corrected chi connectivity index (χ2v) is 7.77. The highest BCUT2D eigenvalue weighted by Gasteiger charge is 2.82. The van der Waals surface area contributed by atoms with Crippen molar-refractivity contribution in [2.24, 2.45) is 10.8 Å². The average molecular weight is 404 g/mol. The number of esters is 1. The number of fused-ring (bicyclic) bond motifs is 3. The number of hydrogen-bond donors (Lipinski definition) is 2. The number of carbonyl (C=O) groups is 4. The van der Waals surface area contributed by atoms with Gasteiger partial charge in [-0.3, -0.25) is 19.2 Å². The number of hydrogen-bond acceptors (Lipinski definition) is 9. The lowest BCUT2D eigenvalue weighted by molar-refractivity contribution is -0.151. The Bertz CT molecular complexity index is 1010. The van der Waals surface area contributed by atoms with Crippen molar-refractivity contribution in [3.8, 4) is 0 Å². The lowest BCUT2D eigenvalue weighted by Crippen LogP contribution is -2.54. The van der Waals surface area contributed by atoms with Crippen molar-refractivity contribution in [2.75, 3.05) is 26.9 Å². The molecule has 1 saturated carbocycles. The molecular formula is C20H20O9. The number of aliphatic hydroxyl groups is 2. The van der Waals surface area contributed by atoms with Gasteiger partial charge in [0, 0.05) is 12.5 Å². The third-order valence-corrected chi connectivity index (χ3v) is 6.77. The van der Waals surface area contributed by atoms with Crippen LogP contribution in [0.1, 0.15) is 20.8 Å². The Morgan fingerprint density at radius 1 is 1.24 bits per heavy atom. The van der Waals surface area contributed by atoms with Crippen molar-refractivity contribution in [2.45, 2.75) is 26.4 Å². The van der Waals surface area contributed by atoms with Gasteiger partial charge in [0.2, 0.25) is 11.4 Å². The first kappa shape index (κ1) is 19.5. The van der Waals surface area contributed by atoms with Crippen LogP contribution in [0.4, 0.5) is 0 Å². The van der Waals surface area contributed by atoms with Crippen molar-refractivity contribution in [1.82, 2.24) is 0 Å². The van der Waals surface area contributed by atoms with Crippen molar-refractivity contribution in [1.29, 1.82) is 0 Å². The van der Waals surface area contributed by atoms with Crippen molar-refractivity contribution in [3.05, 3.63) is 33.8 Å². The Kier molecular flexibility index (Phi) is 3.80. The molecule has 3 aliphatic carbocycles. The Morgan fingerprint density at radius 2 is 1.90 bits per heavy atom. The van der Waals surface area contributed by atoms with E-state index in [0.29, 0.717) is 5.57 Å². The molecule has 1 spiro atoms. The van der Waals surface area contributed by atoms with Gasteiger partial charge in [0.15, 0.2) is 17.3 Å². The molecule has 1 saturated heterocycles. The van der Waals surface area contributed by atoms with E-state index in [1.165, 1.54) is 21.0 Å². The minimum Gasteiger partial charge on any atom is -0.504 e. The van der Waals surface area contributed by atoms with Gasteiger partial charge >= 0.3 is 5.97 Å². The molecule has 0 aromatic carbocycles. The smallest absolute Gasteiger partial charge is 0.302 e. The van der Waals surface area contributed by atoms with Gasteiger partial charge in [0.25, 0.3) is 5.78 Å². The van der Waals surface area contributed by atoms with E-state index in [-0.39, 0.29) is 30.1 Å². The first-order valence-corrected chi connectivity index (χ1v) is 9.01. The summed E-state index contributed by atoms with van der Waals surface area (Å²) in [5, 5.41) is 22.2. The maximum atomic E-state index is 13.6. The Morgan fingerprint density at radius 3 is 2.48 bits per heavy atom. The fourth-order valence-electron chi connectivity index (χ4n) is 5.52. The van der Waals surface area contributed by atoms with E-state index in [4.69, 9.17) is 14.2 Å². The van der Waals surface area contributed by atoms with Crippen molar-refractivity contribution in [3.63, 3.8) is 0 Å². The number of carbonyl (C=O) groups excluding carboxylic acids is 4. The van der Waals surface area contributed by atoms with E-state index >= 15 is 0 Å². The van der Waals surface area contributed by atoms with Crippen LogP contribution in [-0.2, 0) is 33.4 Å². The molecule has 0 unspecified atom stereocenters. The second kappa shape index (κ2) is 5.64. The quantitative estimate of drug-likeness (QED) is 0.495. The SMILES string of the molecule is COC1=C(C)[C@]2(COC(C)=O)C(=C(O)C1=O)[C@]1(O)C(=O)C(C)=C3COC[C@@]32C1=O. The normalized spacial score (nSPS) is 36.0. The molecule has 4 rings (SSSR count). The van der Waals surface area contributed by atoms with Crippen molar-refractivity contribution >= 4 is 23.3 Å². The van der Waals surface area contributed by atoms with E-state index in [9.17, 15) is 29.4 Å².